The van der Waals surface area contributed by atoms with E-state index in [-0.39, 0.29) is 0 Å². The van der Waals surface area contributed by atoms with Gasteiger partial charge in [0.25, 0.3) is 0 Å². The summed E-state index contributed by atoms with van der Waals surface area (Å²) in [5, 5.41) is 7.53. The second kappa shape index (κ2) is 11.2. The molecule has 2 heterocycles. The average Bonchev–Trinajstić information content (AvgIpc) is 3.71. The summed E-state index contributed by atoms with van der Waals surface area (Å²) in [6.07, 6.45) is 0. The van der Waals surface area contributed by atoms with Gasteiger partial charge in [0.1, 0.15) is 0 Å². The van der Waals surface area contributed by atoms with Crippen molar-refractivity contribution >= 4 is 81.1 Å². The van der Waals surface area contributed by atoms with E-state index in [1.165, 1.54) is 63.9 Å². The van der Waals surface area contributed by atoms with Crippen molar-refractivity contribution < 1.29 is 0 Å². The van der Waals surface area contributed by atoms with Crippen LogP contribution in [0.1, 0.15) is 0 Å². The molecule has 0 bridgehead atoms. The van der Waals surface area contributed by atoms with Crippen LogP contribution in [0.15, 0.2) is 182 Å². The predicted molar refractivity (Wildman–Crippen MR) is 211 cm³/mol. The molecular formula is C46H30N2S. The Bertz CT molecular complexity index is 2830. The van der Waals surface area contributed by atoms with Gasteiger partial charge in [0.05, 0.1) is 28.1 Å². The molecule has 10 rings (SSSR count). The highest BCUT2D eigenvalue weighted by Gasteiger charge is 2.24. The molecule has 0 saturated heterocycles. The first-order valence-corrected chi connectivity index (χ1v) is 17.5. The molecule has 230 valence electrons. The largest absolute Gasteiger partial charge is 0.307 e. The molecule has 0 atom stereocenters. The van der Waals surface area contributed by atoms with Crippen LogP contribution < -0.4 is 4.90 Å². The number of aromatic nitrogens is 1. The quantitative estimate of drug-likeness (QED) is 0.181. The maximum absolute atomic E-state index is 2.51. The number of nitrogens with zero attached hydrogens (tertiary/aromatic N) is 2. The van der Waals surface area contributed by atoms with E-state index in [0.717, 1.165) is 22.7 Å². The van der Waals surface area contributed by atoms with Gasteiger partial charge in [-0.3, -0.25) is 0 Å². The molecule has 49 heavy (non-hydrogen) atoms. The van der Waals surface area contributed by atoms with Crippen molar-refractivity contribution in [2.75, 3.05) is 4.90 Å². The Morgan fingerprint density at radius 1 is 0.408 bits per heavy atom. The molecule has 0 saturated carbocycles. The number of rotatable bonds is 5. The average molecular weight is 643 g/mol. The van der Waals surface area contributed by atoms with Gasteiger partial charge in [-0.05, 0) is 65.5 Å². The summed E-state index contributed by atoms with van der Waals surface area (Å²) in [4.78, 5) is 2.51. The zero-order valence-electron chi connectivity index (χ0n) is 26.6. The number of anilines is 3. The molecule has 10 aromatic rings. The second-order valence-corrected chi connectivity index (χ2v) is 13.6. The number of hydrogen-bond donors (Lipinski definition) is 0. The minimum atomic E-state index is 1.13. The van der Waals surface area contributed by atoms with Crippen molar-refractivity contribution in [2.45, 2.75) is 0 Å². The highest BCUT2D eigenvalue weighted by molar-refractivity contribution is 7.25. The molecule has 0 aliphatic carbocycles. The van der Waals surface area contributed by atoms with Gasteiger partial charge in [0.2, 0.25) is 0 Å². The van der Waals surface area contributed by atoms with E-state index in [4.69, 9.17) is 0 Å². The van der Waals surface area contributed by atoms with Crippen LogP contribution >= 0.6 is 11.3 Å². The molecule has 3 heteroatoms. The van der Waals surface area contributed by atoms with Crippen molar-refractivity contribution in [3.63, 3.8) is 0 Å². The first-order valence-electron chi connectivity index (χ1n) is 16.7. The van der Waals surface area contributed by atoms with Gasteiger partial charge >= 0.3 is 0 Å². The maximum Gasteiger partial charge on any atom is 0.0782 e. The van der Waals surface area contributed by atoms with Crippen molar-refractivity contribution in [3.8, 4) is 16.8 Å². The highest BCUT2D eigenvalue weighted by Crippen LogP contribution is 2.48. The van der Waals surface area contributed by atoms with Crippen LogP contribution in [-0.2, 0) is 0 Å². The Hall–Kier alpha value is -6.16. The van der Waals surface area contributed by atoms with Gasteiger partial charge in [0, 0.05) is 47.6 Å². The molecule has 2 aromatic heterocycles. The van der Waals surface area contributed by atoms with Gasteiger partial charge < -0.3 is 9.47 Å². The summed E-state index contributed by atoms with van der Waals surface area (Å²) in [7, 11) is 0. The molecule has 0 aliphatic rings. The van der Waals surface area contributed by atoms with E-state index in [2.05, 4.69) is 191 Å². The third-order valence-corrected chi connectivity index (χ3v) is 10.9. The fraction of sp³-hybridized carbons (Fsp3) is 0. The van der Waals surface area contributed by atoms with Crippen LogP contribution in [0.4, 0.5) is 17.1 Å². The van der Waals surface area contributed by atoms with Crippen molar-refractivity contribution in [1.29, 1.82) is 0 Å². The van der Waals surface area contributed by atoms with Crippen LogP contribution in [-0.4, -0.2) is 4.57 Å². The summed E-state index contributed by atoms with van der Waals surface area (Å²) in [5.74, 6) is 0. The Kier molecular flexibility index (Phi) is 6.39. The Morgan fingerprint density at radius 2 is 1.06 bits per heavy atom. The third kappa shape index (κ3) is 4.40. The Morgan fingerprint density at radius 3 is 1.94 bits per heavy atom. The first kappa shape index (κ1) is 27.9. The van der Waals surface area contributed by atoms with Crippen LogP contribution in [0.5, 0.6) is 0 Å². The normalized spacial score (nSPS) is 11.7. The molecular weight excluding hydrogens is 613 g/mol. The molecule has 0 spiro atoms. The fourth-order valence-corrected chi connectivity index (χ4v) is 8.76. The lowest BCUT2D eigenvalue weighted by atomic mass is 9.99. The highest BCUT2D eigenvalue weighted by atomic mass is 32.1. The van der Waals surface area contributed by atoms with Crippen molar-refractivity contribution in [1.82, 2.24) is 4.57 Å². The van der Waals surface area contributed by atoms with E-state index in [1.54, 1.807) is 0 Å². The van der Waals surface area contributed by atoms with Gasteiger partial charge in [-0.15, -0.1) is 11.3 Å². The smallest absolute Gasteiger partial charge is 0.0782 e. The summed E-state index contributed by atoms with van der Waals surface area (Å²) in [5.41, 5.74) is 9.29. The lowest BCUT2D eigenvalue weighted by Gasteiger charge is -2.30. The molecule has 0 fully saturated rings. The zero-order valence-corrected chi connectivity index (χ0v) is 27.4. The van der Waals surface area contributed by atoms with Crippen molar-refractivity contribution in [3.05, 3.63) is 182 Å². The maximum atomic E-state index is 2.51. The molecule has 2 nitrogen and oxygen atoms in total. The van der Waals surface area contributed by atoms with Crippen LogP contribution in [0.25, 0.3) is 69.6 Å². The molecule has 0 radical (unpaired) electrons. The molecule has 8 aromatic carbocycles. The number of thiophene rings is 1. The standard InChI is InChI=1S/C46H30N2S/c1-3-15-31(16-4-1)34-20-7-10-24-40(34)48(42-26-13-17-32-29-45-39(30-38(32)42)36-22-9-12-28-44(36)49-45)43-27-14-23-37-35-21-8-11-25-41(35)47(46(37)43)33-18-5-2-6-19-33/h1-30H. The van der Waals surface area contributed by atoms with Gasteiger partial charge in [-0.25, -0.2) is 0 Å². The van der Waals surface area contributed by atoms with Crippen LogP contribution in [0.3, 0.4) is 0 Å². The van der Waals surface area contributed by atoms with Crippen LogP contribution in [0.2, 0.25) is 0 Å². The molecule has 0 aliphatic heterocycles. The summed E-state index contributed by atoms with van der Waals surface area (Å²) in [6.45, 7) is 0. The topological polar surface area (TPSA) is 8.17 Å². The predicted octanol–water partition coefficient (Wildman–Crippen LogP) is 13.4. The number of hydrogen-bond acceptors (Lipinski definition) is 2. The summed E-state index contributed by atoms with van der Waals surface area (Å²) in [6, 6.07) is 66.2. The Balaban J connectivity index is 1.36. The van der Waals surface area contributed by atoms with E-state index < -0.39 is 0 Å². The van der Waals surface area contributed by atoms with E-state index in [0.29, 0.717) is 0 Å². The number of fused-ring (bicyclic) bond motifs is 7. The van der Waals surface area contributed by atoms with Crippen LogP contribution in [0, 0.1) is 0 Å². The van der Waals surface area contributed by atoms with Gasteiger partial charge in [-0.1, -0.05) is 127 Å². The fourth-order valence-electron chi connectivity index (χ4n) is 7.62. The lowest BCUT2D eigenvalue weighted by molar-refractivity contribution is 1.17. The summed E-state index contributed by atoms with van der Waals surface area (Å²) >= 11 is 1.87. The minimum absolute atomic E-state index is 1.13. The number of para-hydroxylation sites is 4. The van der Waals surface area contributed by atoms with E-state index >= 15 is 0 Å². The Labute approximate surface area is 288 Å². The second-order valence-electron chi connectivity index (χ2n) is 12.5. The molecule has 0 N–H and O–H groups in total. The molecule has 0 amide bonds. The monoisotopic (exact) mass is 642 g/mol. The van der Waals surface area contributed by atoms with Gasteiger partial charge in [0.15, 0.2) is 0 Å². The van der Waals surface area contributed by atoms with Gasteiger partial charge in [-0.2, -0.15) is 0 Å². The minimum Gasteiger partial charge on any atom is -0.307 e. The zero-order chi connectivity index (χ0) is 32.3. The SMILES string of the molecule is c1ccc(-c2ccccc2N(c2cccc3cc4sc5ccccc5c4cc23)c2cccc3c4ccccc4n(-c4ccccc4)c23)cc1. The van der Waals surface area contributed by atoms with E-state index in [9.17, 15) is 0 Å². The summed E-state index contributed by atoms with van der Waals surface area (Å²) < 4.78 is 5.07. The van der Waals surface area contributed by atoms with Crippen molar-refractivity contribution in [2.24, 2.45) is 0 Å². The van der Waals surface area contributed by atoms with E-state index in [1.807, 2.05) is 11.3 Å². The lowest BCUT2D eigenvalue weighted by Crippen LogP contribution is -2.13. The first-order chi connectivity index (χ1) is 24.3. The molecule has 0 unspecified atom stereocenters. The third-order valence-electron chi connectivity index (χ3n) is 9.75. The number of benzene rings is 8.